The summed E-state index contributed by atoms with van der Waals surface area (Å²) in [6, 6.07) is 0. The van der Waals surface area contributed by atoms with Gasteiger partial charge in [0, 0.05) is 12.0 Å². The summed E-state index contributed by atoms with van der Waals surface area (Å²) < 4.78 is 5.02. The van der Waals surface area contributed by atoms with Gasteiger partial charge in [-0.15, -0.1) is 0 Å². The van der Waals surface area contributed by atoms with Gasteiger partial charge in [0.15, 0.2) is 0 Å². The van der Waals surface area contributed by atoms with Crippen molar-refractivity contribution >= 4 is 5.91 Å². The minimum atomic E-state index is -0.0990. The summed E-state index contributed by atoms with van der Waals surface area (Å²) in [5.74, 6) is -0.0990. The van der Waals surface area contributed by atoms with Gasteiger partial charge in [-0.05, 0) is 0 Å². The number of amides is 1. The van der Waals surface area contributed by atoms with Crippen molar-refractivity contribution in [3.63, 3.8) is 0 Å². The van der Waals surface area contributed by atoms with Crippen LogP contribution in [-0.4, -0.2) is 32.2 Å². The first-order chi connectivity index (χ1) is 5.16. The number of ether oxygens (including phenoxy) is 1. The molecule has 0 aromatic heterocycles. The van der Waals surface area contributed by atoms with Gasteiger partial charge in [0.2, 0.25) is 5.91 Å². The third-order valence-electron chi connectivity index (χ3n) is 1.80. The molecule has 3 N–H and O–H groups in total. The SMILES string of the molecule is CC1(CNC(=O)CN)COC1. The lowest BCUT2D eigenvalue weighted by atomic mass is 9.89. The van der Waals surface area contributed by atoms with Crippen LogP contribution in [0.1, 0.15) is 6.92 Å². The number of nitrogens with two attached hydrogens (primary N) is 1. The van der Waals surface area contributed by atoms with Gasteiger partial charge in [0.25, 0.3) is 0 Å². The van der Waals surface area contributed by atoms with Gasteiger partial charge in [-0.1, -0.05) is 6.92 Å². The van der Waals surface area contributed by atoms with Crippen molar-refractivity contribution in [2.75, 3.05) is 26.3 Å². The van der Waals surface area contributed by atoms with Crippen molar-refractivity contribution in [2.24, 2.45) is 11.1 Å². The molecule has 0 saturated carbocycles. The second-order valence-corrected chi connectivity index (χ2v) is 3.28. The monoisotopic (exact) mass is 158 g/mol. The van der Waals surface area contributed by atoms with Gasteiger partial charge in [0.05, 0.1) is 19.8 Å². The standard InChI is InChI=1S/C7H14N2O2/c1-7(4-11-5-7)3-9-6(10)2-8/h2-5,8H2,1H3,(H,9,10). The predicted octanol–water partition coefficient (Wildman–Crippen LogP) is -0.902. The first-order valence-corrected chi connectivity index (χ1v) is 3.71. The Hall–Kier alpha value is -0.610. The van der Waals surface area contributed by atoms with Crippen molar-refractivity contribution in [1.82, 2.24) is 5.32 Å². The van der Waals surface area contributed by atoms with E-state index in [2.05, 4.69) is 12.2 Å². The lowest BCUT2D eigenvalue weighted by molar-refractivity contribution is -0.125. The summed E-state index contributed by atoms with van der Waals surface area (Å²) in [6.45, 7) is 4.28. The summed E-state index contributed by atoms with van der Waals surface area (Å²) in [4.78, 5) is 10.7. The van der Waals surface area contributed by atoms with Crippen LogP contribution < -0.4 is 11.1 Å². The van der Waals surface area contributed by atoms with Crippen molar-refractivity contribution in [2.45, 2.75) is 6.92 Å². The van der Waals surface area contributed by atoms with Crippen LogP contribution in [0.3, 0.4) is 0 Å². The Morgan fingerprint density at radius 1 is 1.73 bits per heavy atom. The van der Waals surface area contributed by atoms with Crippen LogP contribution in [0.25, 0.3) is 0 Å². The first kappa shape index (κ1) is 8.49. The Balaban J connectivity index is 2.16. The summed E-state index contributed by atoms with van der Waals surface area (Å²) >= 11 is 0. The number of hydrogen-bond donors (Lipinski definition) is 2. The van der Waals surface area contributed by atoms with Crippen molar-refractivity contribution in [3.8, 4) is 0 Å². The van der Waals surface area contributed by atoms with Gasteiger partial charge in [-0.3, -0.25) is 4.79 Å². The average Bonchev–Trinajstić information content (AvgIpc) is 1.96. The molecule has 0 aromatic rings. The van der Waals surface area contributed by atoms with Gasteiger partial charge in [-0.25, -0.2) is 0 Å². The highest BCUT2D eigenvalue weighted by Crippen LogP contribution is 2.24. The third kappa shape index (κ3) is 2.17. The highest BCUT2D eigenvalue weighted by Gasteiger charge is 2.33. The fourth-order valence-electron chi connectivity index (χ4n) is 0.937. The fraction of sp³-hybridized carbons (Fsp3) is 0.857. The first-order valence-electron chi connectivity index (χ1n) is 3.71. The molecular formula is C7H14N2O2. The molecule has 0 bridgehead atoms. The van der Waals surface area contributed by atoms with E-state index >= 15 is 0 Å². The van der Waals surface area contributed by atoms with Crippen LogP contribution in [-0.2, 0) is 9.53 Å². The molecule has 4 nitrogen and oxygen atoms in total. The normalized spacial score (nSPS) is 20.5. The maximum Gasteiger partial charge on any atom is 0.233 e. The van der Waals surface area contributed by atoms with Crippen LogP contribution in [0, 0.1) is 5.41 Å². The van der Waals surface area contributed by atoms with E-state index < -0.39 is 0 Å². The smallest absolute Gasteiger partial charge is 0.233 e. The summed E-state index contributed by atoms with van der Waals surface area (Å²) in [6.07, 6.45) is 0. The minimum absolute atomic E-state index is 0.0664. The summed E-state index contributed by atoms with van der Waals surface area (Å²) in [5.41, 5.74) is 5.26. The average molecular weight is 158 g/mol. The Morgan fingerprint density at radius 2 is 2.36 bits per heavy atom. The van der Waals surface area contributed by atoms with E-state index in [1.807, 2.05) is 0 Å². The lowest BCUT2D eigenvalue weighted by Crippen LogP contribution is -2.49. The van der Waals surface area contributed by atoms with Crippen LogP contribution in [0.5, 0.6) is 0 Å². The summed E-state index contributed by atoms with van der Waals surface area (Å²) in [5, 5.41) is 2.73. The molecule has 0 atom stereocenters. The lowest BCUT2D eigenvalue weighted by Gasteiger charge is -2.37. The van der Waals surface area contributed by atoms with E-state index in [0.29, 0.717) is 6.54 Å². The Kier molecular flexibility index (Phi) is 2.46. The zero-order chi connectivity index (χ0) is 8.32. The van der Waals surface area contributed by atoms with Gasteiger partial charge >= 0.3 is 0 Å². The topological polar surface area (TPSA) is 64.4 Å². The molecule has 1 aliphatic rings. The molecule has 4 heteroatoms. The number of rotatable bonds is 3. The van der Waals surface area contributed by atoms with E-state index in [1.165, 1.54) is 0 Å². The maximum atomic E-state index is 10.7. The molecule has 1 aliphatic heterocycles. The summed E-state index contributed by atoms with van der Waals surface area (Å²) in [7, 11) is 0. The zero-order valence-corrected chi connectivity index (χ0v) is 6.72. The number of nitrogens with one attached hydrogen (secondary N) is 1. The molecule has 0 radical (unpaired) electrons. The second kappa shape index (κ2) is 3.19. The fourth-order valence-corrected chi connectivity index (χ4v) is 0.937. The van der Waals surface area contributed by atoms with Crippen molar-refractivity contribution in [1.29, 1.82) is 0 Å². The molecule has 11 heavy (non-hydrogen) atoms. The second-order valence-electron chi connectivity index (χ2n) is 3.28. The molecule has 1 heterocycles. The van der Waals surface area contributed by atoms with Gasteiger partial charge < -0.3 is 15.8 Å². The van der Waals surface area contributed by atoms with E-state index in [9.17, 15) is 4.79 Å². The van der Waals surface area contributed by atoms with Gasteiger partial charge in [-0.2, -0.15) is 0 Å². The quantitative estimate of drug-likeness (QED) is 0.559. The largest absolute Gasteiger partial charge is 0.380 e. The molecule has 1 amide bonds. The van der Waals surface area contributed by atoms with Crippen LogP contribution in [0.2, 0.25) is 0 Å². The molecule has 1 fully saturated rings. The number of carbonyl (C=O) groups excluding carboxylic acids is 1. The highest BCUT2D eigenvalue weighted by molar-refractivity contribution is 5.77. The number of hydrogen-bond acceptors (Lipinski definition) is 3. The van der Waals surface area contributed by atoms with E-state index in [4.69, 9.17) is 10.5 Å². The van der Waals surface area contributed by atoms with Crippen molar-refractivity contribution < 1.29 is 9.53 Å². The minimum Gasteiger partial charge on any atom is -0.380 e. The highest BCUT2D eigenvalue weighted by atomic mass is 16.5. The molecule has 1 saturated heterocycles. The Morgan fingerprint density at radius 3 is 2.73 bits per heavy atom. The predicted molar refractivity (Wildman–Crippen MR) is 41.0 cm³/mol. The van der Waals surface area contributed by atoms with Gasteiger partial charge in [0.1, 0.15) is 0 Å². The molecular weight excluding hydrogens is 144 g/mol. The molecule has 0 spiro atoms. The zero-order valence-electron chi connectivity index (χ0n) is 6.72. The Labute approximate surface area is 66.1 Å². The molecule has 0 aliphatic carbocycles. The van der Waals surface area contributed by atoms with E-state index in [1.54, 1.807) is 0 Å². The maximum absolute atomic E-state index is 10.7. The molecule has 0 aromatic carbocycles. The van der Waals surface area contributed by atoms with E-state index in [-0.39, 0.29) is 17.9 Å². The van der Waals surface area contributed by atoms with Crippen LogP contribution in [0.15, 0.2) is 0 Å². The Bertz CT molecular complexity index is 155. The van der Waals surface area contributed by atoms with Crippen molar-refractivity contribution in [3.05, 3.63) is 0 Å². The number of carbonyl (C=O) groups is 1. The molecule has 1 rings (SSSR count). The molecule has 64 valence electrons. The molecule has 0 unspecified atom stereocenters. The van der Waals surface area contributed by atoms with Crippen LogP contribution in [0.4, 0.5) is 0 Å². The van der Waals surface area contributed by atoms with Crippen LogP contribution >= 0.6 is 0 Å². The third-order valence-corrected chi connectivity index (χ3v) is 1.80. The van der Waals surface area contributed by atoms with E-state index in [0.717, 1.165) is 13.2 Å².